The summed E-state index contributed by atoms with van der Waals surface area (Å²) >= 11 is 0. The molecule has 4 atom stereocenters. The van der Waals surface area contributed by atoms with Gasteiger partial charge in [-0.2, -0.15) is 0 Å². The van der Waals surface area contributed by atoms with Gasteiger partial charge in [-0.15, -0.1) is 0 Å². The van der Waals surface area contributed by atoms with Gasteiger partial charge in [0.15, 0.2) is 6.29 Å². The third kappa shape index (κ3) is 5.20. The Morgan fingerprint density at radius 3 is 2.39 bits per heavy atom. The molecule has 0 unspecified atom stereocenters. The number of unbranched alkanes of at least 4 members (excludes halogenated alkanes) is 5. The van der Waals surface area contributed by atoms with Crippen molar-refractivity contribution in [2.45, 2.75) is 70.1 Å². The van der Waals surface area contributed by atoms with E-state index in [1.54, 1.807) is 0 Å². The Kier molecular flexibility index (Phi) is 7.77. The molecular formula is C13H26O5. The standard InChI is InChI=1S/C13H26O5/c1-2-3-4-5-6-7-8-17-13-12(16)11(15)10(14)9-18-13/h10-16H,2-9H2,1H3/t10-,11+,12-,13-/m1/s1. The molecule has 0 aromatic rings. The maximum atomic E-state index is 9.62. The van der Waals surface area contributed by atoms with Gasteiger partial charge < -0.3 is 24.8 Å². The van der Waals surface area contributed by atoms with E-state index in [1.807, 2.05) is 0 Å². The number of ether oxygens (including phenoxy) is 2. The molecule has 0 aliphatic carbocycles. The maximum absolute atomic E-state index is 9.62. The summed E-state index contributed by atoms with van der Waals surface area (Å²) in [5, 5.41) is 28.3. The average molecular weight is 262 g/mol. The number of aliphatic hydroxyl groups excluding tert-OH is 3. The molecule has 1 aliphatic rings. The number of rotatable bonds is 8. The van der Waals surface area contributed by atoms with Crippen LogP contribution in [0.1, 0.15) is 45.4 Å². The third-order valence-corrected chi connectivity index (χ3v) is 3.23. The molecule has 1 aliphatic heterocycles. The predicted octanol–water partition coefficient (Wildman–Crippen LogP) is 0.802. The fourth-order valence-electron chi connectivity index (χ4n) is 2.01. The second-order valence-electron chi connectivity index (χ2n) is 4.89. The van der Waals surface area contributed by atoms with Crippen molar-refractivity contribution in [3.8, 4) is 0 Å². The summed E-state index contributed by atoms with van der Waals surface area (Å²) in [6.45, 7) is 2.70. The van der Waals surface area contributed by atoms with Gasteiger partial charge in [-0.05, 0) is 6.42 Å². The summed E-state index contributed by atoms with van der Waals surface area (Å²) < 4.78 is 10.5. The van der Waals surface area contributed by atoms with Crippen molar-refractivity contribution >= 4 is 0 Å². The fourth-order valence-corrected chi connectivity index (χ4v) is 2.01. The molecule has 5 heteroatoms. The zero-order valence-corrected chi connectivity index (χ0v) is 11.1. The number of hydrogen-bond donors (Lipinski definition) is 3. The van der Waals surface area contributed by atoms with E-state index in [0.717, 1.165) is 12.8 Å². The minimum absolute atomic E-state index is 0.000602. The van der Waals surface area contributed by atoms with Gasteiger partial charge in [0, 0.05) is 6.61 Å². The Morgan fingerprint density at radius 1 is 1.00 bits per heavy atom. The Labute approximate surface area is 109 Å². The molecule has 1 saturated heterocycles. The second kappa shape index (κ2) is 8.82. The molecule has 0 bridgehead atoms. The summed E-state index contributed by atoms with van der Waals surface area (Å²) in [5.74, 6) is 0. The number of hydrogen-bond acceptors (Lipinski definition) is 5. The van der Waals surface area contributed by atoms with Crippen LogP contribution in [0.25, 0.3) is 0 Å². The van der Waals surface area contributed by atoms with Crippen molar-refractivity contribution < 1.29 is 24.8 Å². The van der Waals surface area contributed by atoms with Crippen LogP contribution in [-0.2, 0) is 9.47 Å². The van der Waals surface area contributed by atoms with Crippen molar-refractivity contribution in [3.63, 3.8) is 0 Å². The molecule has 1 heterocycles. The van der Waals surface area contributed by atoms with Crippen LogP contribution in [0.4, 0.5) is 0 Å². The summed E-state index contributed by atoms with van der Waals surface area (Å²) in [4.78, 5) is 0. The lowest BCUT2D eigenvalue weighted by Crippen LogP contribution is -2.53. The SMILES string of the molecule is CCCCCCCCO[C@@H]1OC[C@@H](O)[C@H](O)[C@H]1O. The van der Waals surface area contributed by atoms with Gasteiger partial charge in [0.2, 0.25) is 0 Å². The highest BCUT2D eigenvalue weighted by Crippen LogP contribution is 2.17. The molecule has 5 nitrogen and oxygen atoms in total. The van der Waals surface area contributed by atoms with Crippen LogP contribution in [0.15, 0.2) is 0 Å². The molecule has 3 N–H and O–H groups in total. The van der Waals surface area contributed by atoms with Crippen LogP contribution in [0.2, 0.25) is 0 Å². The first-order chi connectivity index (χ1) is 8.66. The minimum atomic E-state index is -1.19. The van der Waals surface area contributed by atoms with Crippen molar-refractivity contribution in [1.29, 1.82) is 0 Å². The van der Waals surface area contributed by atoms with E-state index in [2.05, 4.69) is 6.92 Å². The van der Waals surface area contributed by atoms with Crippen LogP contribution >= 0.6 is 0 Å². The van der Waals surface area contributed by atoms with E-state index in [4.69, 9.17) is 9.47 Å². The van der Waals surface area contributed by atoms with E-state index in [-0.39, 0.29) is 6.61 Å². The second-order valence-corrected chi connectivity index (χ2v) is 4.89. The van der Waals surface area contributed by atoms with E-state index < -0.39 is 24.6 Å². The molecule has 0 amide bonds. The van der Waals surface area contributed by atoms with Gasteiger partial charge in [-0.3, -0.25) is 0 Å². The highest BCUT2D eigenvalue weighted by molar-refractivity contribution is 4.82. The summed E-state index contributed by atoms with van der Waals surface area (Å²) in [5.41, 5.74) is 0. The van der Waals surface area contributed by atoms with Crippen LogP contribution in [0, 0.1) is 0 Å². The summed E-state index contributed by atoms with van der Waals surface area (Å²) in [7, 11) is 0. The van der Waals surface area contributed by atoms with E-state index in [9.17, 15) is 15.3 Å². The molecule has 18 heavy (non-hydrogen) atoms. The summed E-state index contributed by atoms with van der Waals surface area (Å²) in [6.07, 6.45) is 2.78. The van der Waals surface area contributed by atoms with Crippen molar-refractivity contribution in [1.82, 2.24) is 0 Å². The zero-order valence-electron chi connectivity index (χ0n) is 11.1. The molecule has 1 rings (SSSR count). The largest absolute Gasteiger partial charge is 0.388 e. The molecule has 108 valence electrons. The Bertz CT molecular complexity index is 212. The monoisotopic (exact) mass is 262 g/mol. The van der Waals surface area contributed by atoms with E-state index in [1.165, 1.54) is 25.7 Å². The highest BCUT2D eigenvalue weighted by atomic mass is 16.7. The fraction of sp³-hybridized carbons (Fsp3) is 1.00. The maximum Gasteiger partial charge on any atom is 0.186 e. The van der Waals surface area contributed by atoms with Gasteiger partial charge in [-0.25, -0.2) is 0 Å². The third-order valence-electron chi connectivity index (χ3n) is 3.23. The normalized spacial score (nSPS) is 32.7. The van der Waals surface area contributed by atoms with Gasteiger partial charge in [0.25, 0.3) is 0 Å². The lowest BCUT2D eigenvalue weighted by atomic mass is 10.1. The molecular weight excluding hydrogens is 236 g/mol. The lowest BCUT2D eigenvalue weighted by molar-refractivity contribution is -0.270. The molecule has 0 radical (unpaired) electrons. The van der Waals surface area contributed by atoms with Gasteiger partial charge in [0.05, 0.1) is 6.61 Å². The average Bonchev–Trinajstić information content (AvgIpc) is 2.37. The van der Waals surface area contributed by atoms with Gasteiger partial charge >= 0.3 is 0 Å². The van der Waals surface area contributed by atoms with Gasteiger partial charge in [0.1, 0.15) is 18.3 Å². The minimum Gasteiger partial charge on any atom is -0.388 e. The predicted molar refractivity (Wildman–Crippen MR) is 67.1 cm³/mol. The molecule has 0 saturated carbocycles. The Morgan fingerprint density at radius 2 is 1.67 bits per heavy atom. The molecule has 0 aromatic carbocycles. The quantitative estimate of drug-likeness (QED) is 0.564. The van der Waals surface area contributed by atoms with Crippen molar-refractivity contribution in [3.05, 3.63) is 0 Å². The van der Waals surface area contributed by atoms with Crippen LogP contribution in [0.3, 0.4) is 0 Å². The number of aliphatic hydroxyl groups is 3. The summed E-state index contributed by atoms with van der Waals surface area (Å²) in [6, 6.07) is 0. The van der Waals surface area contributed by atoms with E-state index in [0.29, 0.717) is 6.61 Å². The zero-order chi connectivity index (χ0) is 13.4. The Hall–Kier alpha value is -0.200. The topological polar surface area (TPSA) is 79.2 Å². The van der Waals surface area contributed by atoms with E-state index >= 15 is 0 Å². The molecule has 0 aromatic heterocycles. The van der Waals surface area contributed by atoms with Crippen LogP contribution in [0.5, 0.6) is 0 Å². The van der Waals surface area contributed by atoms with Crippen LogP contribution < -0.4 is 0 Å². The Balaban J connectivity index is 2.05. The van der Waals surface area contributed by atoms with Gasteiger partial charge in [-0.1, -0.05) is 39.0 Å². The lowest BCUT2D eigenvalue weighted by Gasteiger charge is -2.34. The first kappa shape index (κ1) is 15.9. The first-order valence-electron chi connectivity index (χ1n) is 6.94. The van der Waals surface area contributed by atoms with Crippen LogP contribution in [-0.4, -0.2) is 53.1 Å². The van der Waals surface area contributed by atoms with Crippen molar-refractivity contribution in [2.24, 2.45) is 0 Å². The molecule has 1 fully saturated rings. The highest BCUT2D eigenvalue weighted by Gasteiger charge is 2.37. The first-order valence-corrected chi connectivity index (χ1v) is 6.94. The van der Waals surface area contributed by atoms with Crippen molar-refractivity contribution in [2.75, 3.05) is 13.2 Å². The molecule has 0 spiro atoms. The smallest absolute Gasteiger partial charge is 0.186 e.